The van der Waals surface area contributed by atoms with E-state index in [1.54, 1.807) is 0 Å². The summed E-state index contributed by atoms with van der Waals surface area (Å²) in [7, 11) is 0. The van der Waals surface area contributed by atoms with Gasteiger partial charge < -0.3 is 10.0 Å². The molecule has 1 aliphatic heterocycles. The standard InChI is InChI=1S/C15H26N2O2/c1-3-17(13-7-4-5-8-13)14(18)11-16-10-6-9-15(2,19)12-16/h7,19H,3-6,8-12H2,1-2H3. The van der Waals surface area contributed by atoms with E-state index in [2.05, 4.69) is 11.0 Å². The molecule has 1 N–H and O–H groups in total. The molecule has 19 heavy (non-hydrogen) atoms. The molecule has 1 fully saturated rings. The van der Waals surface area contributed by atoms with Crippen molar-refractivity contribution >= 4 is 5.91 Å². The molecule has 0 radical (unpaired) electrons. The molecule has 2 rings (SSSR count). The Morgan fingerprint density at radius 1 is 1.53 bits per heavy atom. The quantitative estimate of drug-likeness (QED) is 0.843. The van der Waals surface area contributed by atoms with Crippen LogP contribution >= 0.6 is 0 Å². The Labute approximate surface area is 116 Å². The molecule has 1 aliphatic carbocycles. The number of nitrogens with zero attached hydrogens (tertiary/aromatic N) is 2. The molecule has 1 amide bonds. The zero-order valence-electron chi connectivity index (χ0n) is 12.2. The maximum absolute atomic E-state index is 12.4. The molecular weight excluding hydrogens is 240 g/mol. The Morgan fingerprint density at radius 3 is 2.89 bits per heavy atom. The maximum atomic E-state index is 12.4. The van der Waals surface area contributed by atoms with Crippen LogP contribution in [0.15, 0.2) is 11.8 Å². The van der Waals surface area contributed by atoms with Gasteiger partial charge in [-0.05, 0) is 52.5 Å². The Bertz CT molecular complexity index is 363. The number of piperidine rings is 1. The number of hydrogen-bond donors (Lipinski definition) is 1. The van der Waals surface area contributed by atoms with E-state index in [1.165, 1.54) is 5.70 Å². The van der Waals surface area contributed by atoms with E-state index in [4.69, 9.17) is 0 Å². The maximum Gasteiger partial charge on any atom is 0.240 e. The predicted molar refractivity (Wildman–Crippen MR) is 75.6 cm³/mol. The van der Waals surface area contributed by atoms with Gasteiger partial charge in [-0.25, -0.2) is 0 Å². The van der Waals surface area contributed by atoms with Gasteiger partial charge in [0.25, 0.3) is 0 Å². The van der Waals surface area contributed by atoms with E-state index < -0.39 is 5.60 Å². The number of likely N-dealkylation sites (N-methyl/N-ethyl adjacent to an activating group) is 1. The summed E-state index contributed by atoms with van der Waals surface area (Å²) in [6.45, 7) is 6.59. The van der Waals surface area contributed by atoms with Crippen LogP contribution in [0.4, 0.5) is 0 Å². The Hall–Kier alpha value is -0.870. The molecule has 1 unspecified atom stereocenters. The number of amides is 1. The molecule has 0 bridgehead atoms. The molecule has 4 nitrogen and oxygen atoms in total. The van der Waals surface area contributed by atoms with E-state index in [-0.39, 0.29) is 5.91 Å². The summed E-state index contributed by atoms with van der Waals surface area (Å²) in [5, 5.41) is 10.1. The van der Waals surface area contributed by atoms with Crippen LogP contribution < -0.4 is 0 Å². The summed E-state index contributed by atoms with van der Waals surface area (Å²) >= 11 is 0. The number of carbonyl (C=O) groups excluding carboxylic acids is 1. The predicted octanol–water partition coefficient (Wildman–Crippen LogP) is 1.75. The molecule has 0 spiro atoms. The number of β-amino-alcohol motifs (C(OH)–C–C–N with tert-alkyl or cyclic N) is 1. The van der Waals surface area contributed by atoms with Crippen molar-refractivity contribution in [2.75, 3.05) is 26.2 Å². The smallest absolute Gasteiger partial charge is 0.240 e. The summed E-state index contributed by atoms with van der Waals surface area (Å²) in [5.41, 5.74) is 0.554. The van der Waals surface area contributed by atoms with Crippen molar-refractivity contribution in [2.24, 2.45) is 0 Å². The van der Waals surface area contributed by atoms with Crippen LogP contribution in [0.1, 0.15) is 46.0 Å². The van der Waals surface area contributed by atoms with Gasteiger partial charge >= 0.3 is 0 Å². The van der Waals surface area contributed by atoms with Crippen LogP contribution in [0.5, 0.6) is 0 Å². The molecule has 0 aromatic heterocycles. The lowest BCUT2D eigenvalue weighted by Gasteiger charge is -2.37. The first-order valence-corrected chi connectivity index (χ1v) is 7.46. The van der Waals surface area contributed by atoms with E-state index in [0.717, 1.165) is 45.2 Å². The van der Waals surface area contributed by atoms with Crippen molar-refractivity contribution in [3.05, 3.63) is 11.8 Å². The Morgan fingerprint density at radius 2 is 2.32 bits per heavy atom. The second kappa shape index (κ2) is 6.06. The normalized spacial score (nSPS) is 28.3. The first kappa shape index (κ1) is 14.5. The first-order chi connectivity index (χ1) is 9.02. The zero-order chi connectivity index (χ0) is 13.9. The number of carbonyl (C=O) groups is 1. The highest BCUT2D eigenvalue weighted by molar-refractivity contribution is 5.80. The Balaban J connectivity index is 1.92. The minimum atomic E-state index is -0.637. The molecule has 1 saturated heterocycles. The van der Waals surface area contributed by atoms with Crippen LogP contribution in [-0.2, 0) is 4.79 Å². The fourth-order valence-electron chi connectivity index (χ4n) is 3.17. The van der Waals surface area contributed by atoms with Crippen molar-refractivity contribution in [1.82, 2.24) is 9.80 Å². The van der Waals surface area contributed by atoms with Gasteiger partial charge in [-0.15, -0.1) is 0 Å². The SMILES string of the molecule is CCN(C(=O)CN1CCCC(C)(O)C1)C1=CCCC1. The van der Waals surface area contributed by atoms with Crippen molar-refractivity contribution in [2.45, 2.75) is 51.6 Å². The lowest BCUT2D eigenvalue weighted by atomic mass is 9.95. The molecule has 1 atom stereocenters. The molecular formula is C15H26N2O2. The van der Waals surface area contributed by atoms with Gasteiger partial charge in [0.2, 0.25) is 5.91 Å². The first-order valence-electron chi connectivity index (χ1n) is 7.46. The summed E-state index contributed by atoms with van der Waals surface area (Å²) in [4.78, 5) is 16.4. The minimum Gasteiger partial charge on any atom is -0.389 e. The van der Waals surface area contributed by atoms with Gasteiger partial charge in [0, 0.05) is 18.8 Å². The third-order valence-electron chi connectivity index (χ3n) is 4.09. The highest BCUT2D eigenvalue weighted by Crippen LogP contribution is 2.23. The second-order valence-electron chi connectivity index (χ2n) is 6.04. The minimum absolute atomic E-state index is 0.174. The van der Waals surface area contributed by atoms with Crippen molar-refractivity contribution < 1.29 is 9.90 Å². The van der Waals surface area contributed by atoms with Gasteiger partial charge in [0.15, 0.2) is 0 Å². The van der Waals surface area contributed by atoms with E-state index in [9.17, 15) is 9.90 Å². The average Bonchev–Trinajstić information content (AvgIpc) is 2.82. The van der Waals surface area contributed by atoms with Gasteiger partial charge in [-0.2, -0.15) is 0 Å². The lowest BCUT2D eigenvalue weighted by molar-refractivity contribution is -0.131. The van der Waals surface area contributed by atoms with Crippen LogP contribution in [0, 0.1) is 0 Å². The van der Waals surface area contributed by atoms with Gasteiger partial charge in [0.05, 0.1) is 12.1 Å². The molecule has 0 aromatic carbocycles. The summed E-state index contributed by atoms with van der Waals surface area (Å²) in [6.07, 6.45) is 7.27. The third-order valence-corrected chi connectivity index (χ3v) is 4.09. The van der Waals surface area contributed by atoms with Crippen LogP contribution in [-0.4, -0.2) is 52.6 Å². The zero-order valence-corrected chi connectivity index (χ0v) is 12.2. The fourth-order valence-corrected chi connectivity index (χ4v) is 3.17. The van der Waals surface area contributed by atoms with Crippen molar-refractivity contribution in [3.63, 3.8) is 0 Å². The fraction of sp³-hybridized carbons (Fsp3) is 0.800. The van der Waals surface area contributed by atoms with E-state index in [1.807, 2.05) is 18.7 Å². The highest BCUT2D eigenvalue weighted by Gasteiger charge is 2.30. The molecule has 1 heterocycles. The molecule has 0 saturated carbocycles. The van der Waals surface area contributed by atoms with E-state index >= 15 is 0 Å². The number of hydrogen-bond acceptors (Lipinski definition) is 3. The second-order valence-corrected chi connectivity index (χ2v) is 6.04. The van der Waals surface area contributed by atoms with Crippen molar-refractivity contribution in [1.29, 1.82) is 0 Å². The Kier molecular flexibility index (Phi) is 4.63. The largest absolute Gasteiger partial charge is 0.389 e. The number of likely N-dealkylation sites (tertiary alicyclic amines) is 1. The van der Waals surface area contributed by atoms with Gasteiger partial charge in [-0.3, -0.25) is 9.69 Å². The summed E-state index contributed by atoms with van der Waals surface area (Å²) < 4.78 is 0. The third kappa shape index (κ3) is 3.80. The molecule has 108 valence electrons. The van der Waals surface area contributed by atoms with Gasteiger partial charge in [-0.1, -0.05) is 6.08 Å². The number of aliphatic hydroxyl groups is 1. The summed E-state index contributed by atoms with van der Waals surface area (Å²) in [5.74, 6) is 0.174. The number of rotatable bonds is 4. The monoisotopic (exact) mass is 266 g/mol. The lowest BCUT2D eigenvalue weighted by Crippen LogP contribution is -2.49. The molecule has 0 aromatic rings. The van der Waals surface area contributed by atoms with Gasteiger partial charge in [0.1, 0.15) is 0 Å². The van der Waals surface area contributed by atoms with Crippen molar-refractivity contribution in [3.8, 4) is 0 Å². The summed E-state index contributed by atoms with van der Waals surface area (Å²) in [6, 6.07) is 0. The molecule has 2 aliphatic rings. The van der Waals surface area contributed by atoms with Crippen LogP contribution in [0.25, 0.3) is 0 Å². The van der Waals surface area contributed by atoms with E-state index in [0.29, 0.717) is 13.1 Å². The topological polar surface area (TPSA) is 43.8 Å². The average molecular weight is 266 g/mol. The molecule has 4 heteroatoms. The van der Waals surface area contributed by atoms with Crippen LogP contribution in [0.2, 0.25) is 0 Å². The number of allylic oxidation sites excluding steroid dienone is 2. The highest BCUT2D eigenvalue weighted by atomic mass is 16.3. The van der Waals surface area contributed by atoms with Crippen LogP contribution in [0.3, 0.4) is 0 Å².